The van der Waals surface area contributed by atoms with E-state index in [0.717, 1.165) is 55.4 Å². The summed E-state index contributed by atoms with van der Waals surface area (Å²) in [6.45, 7) is 11.2. The van der Waals surface area contributed by atoms with Crippen LogP contribution >= 0.6 is 11.3 Å². The summed E-state index contributed by atoms with van der Waals surface area (Å²) in [5.41, 5.74) is 1.33. The van der Waals surface area contributed by atoms with E-state index in [1.807, 2.05) is 0 Å². The molecule has 0 bridgehead atoms. The molecule has 6 nitrogen and oxygen atoms in total. The molecule has 0 atom stereocenters. The van der Waals surface area contributed by atoms with E-state index in [0.29, 0.717) is 6.04 Å². The Labute approximate surface area is 171 Å². The van der Waals surface area contributed by atoms with E-state index in [2.05, 4.69) is 29.0 Å². The highest BCUT2D eigenvalue weighted by Crippen LogP contribution is 2.35. The molecule has 2 aromatic heterocycles. The number of thiophene rings is 1. The summed E-state index contributed by atoms with van der Waals surface area (Å²) in [6, 6.07) is 1.40. The van der Waals surface area contributed by atoms with Crippen LogP contribution in [0.1, 0.15) is 41.9 Å². The van der Waals surface area contributed by atoms with Gasteiger partial charge in [0, 0.05) is 43.1 Å². The van der Waals surface area contributed by atoms with Gasteiger partial charge in [0.15, 0.2) is 0 Å². The Bertz CT molecular complexity index is 835. The highest BCUT2D eigenvalue weighted by atomic mass is 32.1. The Kier molecular flexibility index (Phi) is 5.26. The Hall–Kier alpha value is -1.28. The van der Waals surface area contributed by atoms with Crippen molar-refractivity contribution in [3.8, 4) is 0 Å². The maximum absolute atomic E-state index is 5.48. The van der Waals surface area contributed by atoms with E-state index in [1.54, 1.807) is 11.3 Å². The van der Waals surface area contributed by atoms with Gasteiger partial charge in [-0.05, 0) is 45.1 Å². The average Bonchev–Trinajstić information content (AvgIpc) is 3.50. The van der Waals surface area contributed by atoms with Gasteiger partial charge in [-0.1, -0.05) is 0 Å². The van der Waals surface area contributed by atoms with Crippen LogP contribution in [0.4, 0.5) is 5.82 Å². The molecule has 0 unspecified atom stereocenters. The van der Waals surface area contributed by atoms with Crippen molar-refractivity contribution in [3.05, 3.63) is 16.3 Å². The Morgan fingerprint density at radius 3 is 2.50 bits per heavy atom. The van der Waals surface area contributed by atoms with Gasteiger partial charge in [0.25, 0.3) is 0 Å². The lowest BCUT2D eigenvalue weighted by Gasteiger charge is -2.33. The van der Waals surface area contributed by atoms with Crippen LogP contribution in [-0.2, 0) is 11.3 Å². The number of piperidine rings is 1. The predicted octanol–water partition coefficient (Wildman–Crippen LogP) is 3.18. The minimum absolute atomic E-state index is 0.518. The van der Waals surface area contributed by atoms with Crippen molar-refractivity contribution in [2.75, 3.05) is 44.7 Å². The summed E-state index contributed by atoms with van der Waals surface area (Å²) >= 11 is 1.80. The fourth-order valence-corrected chi connectivity index (χ4v) is 5.52. The van der Waals surface area contributed by atoms with Crippen LogP contribution in [0.5, 0.6) is 0 Å². The number of rotatable bonds is 5. The molecule has 3 aliphatic rings. The van der Waals surface area contributed by atoms with Crippen LogP contribution < -0.4 is 5.32 Å². The van der Waals surface area contributed by atoms with Crippen molar-refractivity contribution < 1.29 is 4.74 Å². The lowest BCUT2D eigenvalue weighted by atomic mass is 10.0. The fraction of sp³-hybridized carbons (Fsp3) is 0.714. The molecule has 4 heterocycles. The van der Waals surface area contributed by atoms with Gasteiger partial charge in [0.1, 0.15) is 16.5 Å². The lowest BCUT2D eigenvalue weighted by Crippen LogP contribution is -2.40. The third-order valence-corrected chi connectivity index (χ3v) is 7.58. The smallest absolute Gasteiger partial charge is 0.146 e. The first kappa shape index (κ1) is 18.7. The topological polar surface area (TPSA) is 53.5 Å². The Morgan fingerprint density at radius 2 is 1.79 bits per heavy atom. The van der Waals surface area contributed by atoms with Gasteiger partial charge in [-0.2, -0.15) is 0 Å². The van der Waals surface area contributed by atoms with Gasteiger partial charge in [0.2, 0.25) is 0 Å². The number of hydrogen-bond donors (Lipinski definition) is 1. The van der Waals surface area contributed by atoms with Crippen LogP contribution in [0.3, 0.4) is 0 Å². The minimum atomic E-state index is 0.518. The number of morpholine rings is 1. The van der Waals surface area contributed by atoms with Crippen LogP contribution in [-0.4, -0.2) is 71.2 Å². The van der Waals surface area contributed by atoms with Crippen molar-refractivity contribution in [1.82, 2.24) is 19.8 Å². The number of hydrogen-bond acceptors (Lipinski definition) is 7. The SMILES string of the molecule is Cc1sc2nc(CN3CCOCC3)nc(NC3CCN(C4CC4)CC3)c2c1C. The molecule has 28 heavy (non-hydrogen) atoms. The molecule has 1 saturated carbocycles. The van der Waals surface area contributed by atoms with Gasteiger partial charge in [-0.3, -0.25) is 4.90 Å². The van der Waals surface area contributed by atoms with Gasteiger partial charge in [-0.25, -0.2) is 9.97 Å². The minimum Gasteiger partial charge on any atom is -0.379 e. The van der Waals surface area contributed by atoms with Crippen LogP contribution in [0.15, 0.2) is 0 Å². The van der Waals surface area contributed by atoms with Crippen molar-refractivity contribution >= 4 is 27.4 Å². The van der Waals surface area contributed by atoms with Gasteiger partial charge in [0.05, 0.1) is 25.1 Å². The van der Waals surface area contributed by atoms with Crippen molar-refractivity contribution in [1.29, 1.82) is 0 Å². The van der Waals surface area contributed by atoms with Crippen LogP contribution in [0, 0.1) is 13.8 Å². The number of nitrogens with zero attached hydrogens (tertiary/aromatic N) is 4. The number of fused-ring (bicyclic) bond motifs is 1. The number of likely N-dealkylation sites (tertiary alicyclic amines) is 1. The number of ether oxygens (including phenoxy) is 1. The second-order valence-electron chi connectivity index (χ2n) is 8.53. The fourth-order valence-electron chi connectivity index (χ4n) is 4.47. The van der Waals surface area contributed by atoms with Crippen molar-refractivity contribution in [3.63, 3.8) is 0 Å². The molecule has 2 aliphatic heterocycles. The molecule has 0 aromatic carbocycles. The van der Waals surface area contributed by atoms with Crippen molar-refractivity contribution in [2.24, 2.45) is 0 Å². The second kappa shape index (κ2) is 7.86. The highest BCUT2D eigenvalue weighted by Gasteiger charge is 2.32. The Balaban J connectivity index is 1.37. The molecule has 1 N–H and O–H groups in total. The van der Waals surface area contributed by atoms with Crippen LogP contribution in [0.25, 0.3) is 10.2 Å². The number of aromatic nitrogens is 2. The molecule has 0 amide bonds. The normalized spacial score (nSPS) is 22.8. The predicted molar refractivity (Wildman–Crippen MR) is 114 cm³/mol. The number of anilines is 1. The molecular weight excluding hydrogens is 370 g/mol. The van der Waals surface area contributed by atoms with E-state index in [4.69, 9.17) is 14.7 Å². The molecule has 2 saturated heterocycles. The summed E-state index contributed by atoms with van der Waals surface area (Å²) in [4.78, 5) is 17.5. The van der Waals surface area contributed by atoms with Crippen LogP contribution in [0.2, 0.25) is 0 Å². The van der Waals surface area contributed by atoms with E-state index >= 15 is 0 Å². The second-order valence-corrected chi connectivity index (χ2v) is 9.73. The molecule has 1 aliphatic carbocycles. The van der Waals surface area contributed by atoms with Gasteiger partial charge >= 0.3 is 0 Å². The summed E-state index contributed by atoms with van der Waals surface area (Å²) < 4.78 is 5.48. The third-order valence-electron chi connectivity index (χ3n) is 6.48. The molecule has 3 fully saturated rings. The van der Waals surface area contributed by atoms with E-state index in [9.17, 15) is 0 Å². The molecule has 7 heteroatoms. The van der Waals surface area contributed by atoms with Gasteiger partial charge in [-0.15, -0.1) is 11.3 Å². The molecule has 152 valence electrons. The first-order valence-electron chi connectivity index (χ1n) is 10.7. The Morgan fingerprint density at radius 1 is 1.04 bits per heavy atom. The van der Waals surface area contributed by atoms with E-state index < -0.39 is 0 Å². The quantitative estimate of drug-likeness (QED) is 0.831. The average molecular weight is 402 g/mol. The first-order valence-corrected chi connectivity index (χ1v) is 11.6. The van der Waals surface area contributed by atoms with Crippen molar-refractivity contribution in [2.45, 2.75) is 58.2 Å². The summed E-state index contributed by atoms with van der Waals surface area (Å²) in [5.74, 6) is 1.99. The zero-order chi connectivity index (χ0) is 19.1. The first-order chi connectivity index (χ1) is 13.7. The summed E-state index contributed by atoms with van der Waals surface area (Å²) in [7, 11) is 0. The lowest BCUT2D eigenvalue weighted by molar-refractivity contribution is 0.0331. The zero-order valence-corrected chi connectivity index (χ0v) is 17.9. The number of nitrogens with one attached hydrogen (secondary N) is 1. The largest absolute Gasteiger partial charge is 0.379 e. The molecule has 2 aromatic rings. The van der Waals surface area contributed by atoms with E-state index in [-0.39, 0.29) is 0 Å². The molecule has 5 rings (SSSR count). The maximum atomic E-state index is 5.48. The maximum Gasteiger partial charge on any atom is 0.146 e. The zero-order valence-electron chi connectivity index (χ0n) is 17.0. The molecule has 0 spiro atoms. The third kappa shape index (κ3) is 3.90. The van der Waals surface area contributed by atoms with E-state index in [1.165, 1.54) is 54.6 Å². The standard InChI is InChI=1S/C21H31N5OS/c1-14-15(2)28-21-19(14)20(22-16-5-7-26(8-6-16)17-3-4-17)23-18(24-21)13-25-9-11-27-12-10-25/h16-17H,3-13H2,1-2H3,(H,22,23,24). The molecular formula is C21H31N5OS. The highest BCUT2D eigenvalue weighted by molar-refractivity contribution is 7.18. The molecule has 0 radical (unpaired) electrons. The summed E-state index contributed by atoms with van der Waals surface area (Å²) in [6.07, 6.45) is 5.23. The monoisotopic (exact) mass is 401 g/mol. The van der Waals surface area contributed by atoms with Gasteiger partial charge < -0.3 is 15.0 Å². The number of aryl methyl sites for hydroxylation is 2. The summed E-state index contributed by atoms with van der Waals surface area (Å²) in [5, 5.41) is 5.06.